The molecule has 1 heterocycles. The Morgan fingerprint density at radius 3 is 3.00 bits per heavy atom. The quantitative estimate of drug-likeness (QED) is 0.768. The average Bonchev–Trinajstić information content (AvgIpc) is 3.14. The van der Waals surface area contributed by atoms with Crippen LogP contribution in [0.2, 0.25) is 0 Å². The van der Waals surface area contributed by atoms with Crippen molar-refractivity contribution in [3.8, 4) is 0 Å². The number of carbonyl (C=O) groups excluding carboxylic acids is 1. The third kappa shape index (κ3) is 2.52. The number of fused-ring (bicyclic) bond motifs is 1. The zero-order valence-electron chi connectivity index (χ0n) is 12.2. The molecule has 2 nitrogen and oxygen atoms in total. The molecule has 0 saturated heterocycles. The molecule has 1 aromatic carbocycles. The average molecular weight is 336 g/mol. The molecule has 2 unspecified atom stereocenters. The molecule has 0 bridgehead atoms. The Morgan fingerprint density at radius 1 is 1.45 bits per heavy atom. The predicted molar refractivity (Wildman–Crippen MR) is 84.6 cm³/mol. The van der Waals surface area contributed by atoms with Gasteiger partial charge in [-0.1, -0.05) is 42.1 Å². The van der Waals surface area contributed by atoms with Gasteiger partial charge in [0.15, 0.2) is 0 Å². The summed E-state index contributed by atoms with van der Waals surface area (Å²) in [5, 5.41) is 0. The molecule has 1 saturated carbocycles. The third-order valence-corrected chi connectivity index (χ3v) is 5.41. The molecule has 3 atom stereocenters. The van der Waals surface area contributed by atoms with Gasteiger partial charge in [-0.3, -0.25) is 4.79 Å². The van der Waals surface area contributed by atoms with Crippen LogP contribution in [0.1, 0.15) is 55.5 Å². The number of hydrogen-bond acceptors (Lipinski definition) is 1. The Morgan fingerprint density at radius 2 is 2.25 bits per heavy atom. The standard InChI is InChI=1S/C17H22BrNO/c1-3-4-5-12-9-16(12)11(2)19-10-13-8-14(18)6-7-15(13)17(19)20/h6-8,11-12,16H,3-5,9-10H2,1-2H3/t11-,12?,16?/m0/s1. The van der Waals surface area contributed by atoms with Gasteiger partial charge in [0.2, 0.25) is 0 Å². The summed E-state index contributed by atoms with van der Waals surface area (Å²) in [6, 6.07) is 6.39. The molecule has 1 aromatic rings. The summed E-state index contributed by atoms with van der Waals surface area (Å²) in [6.45, 7) is 5.26. The lowest BCUT2D eigenvalue weighted by atomic mass is 10.1. The lowest BCUT2D eigenvalue weighted by Gasteiger charge is -2.24. The van der Waals surface area contributed by atoms with Crippen molar-refractivity contribution in [3.05, 3.63) is 33.8 Å². The van der Waals surface area contributed by atoms with Gasteiger partial charge in [-0.15, -0.1) is 0 Å². The molecule has 0 radical (unpaired) electrons. The van der Waals surface area contributed by atoms with E-state index in [1.54, 1.807) is 0 Å². The third-order valence-electron chi connectivity index (χ3n) is 4.92. The molecule has 1 fully saturated rings. The van der Waals surface area contributed by atoms with E-state index in [9.17, 15) is 4.79 Å². The fourth-order valence-electron chi connectivity index (χ4n) is 3.53. The smallest absolute Gasteiger partial charge is 0.254 e. The van der Waals surface area contributed by atoms with Crippen molar-refractivity contribution in [2.45, 2.75) is 52.1 Å². The van der Waals surface area contributed by atoms with Crippen LogP contribution < -0.4 is 0 Å². The van der Waals surface area contributed by atoms with Gasteiger partial charge in [-0.2, -0.15) is 0 Å². The van der Waals surface area contributed by atoms with Crippen LogP contribution in [0, 0.1) is 11.8 Å². The lowest BCUT2D eigenvalue weighted by Crippen LogP contribution is -2.35. The molecule has 0 aromatic heterocycles. The molecule has 20 heavy (non-hydrogen) atoms. The predicted octanol–water partition coefficient (Wildman–Crippen LogP) is 4.62. The van der Waals surface area contributed by atoms with E-state index in [1.165, 1.54) is 31.2 Å². The SMILES string of the molecule is CCCCC1CC1[C@H](C)N1Cc2cc(Br)ccc2C1=O. The number of unbranched alkanes of at least 4 members (excludes halogenated alkanes) is 1. The highest BCUT2D eigenvalue weighted by Crippen LogP contribution is 2.47. The Hall–Kier alpha value is -0.830. The maximum Gasteiger partial charge on any atom is 0.254 e. The van der Waals surface area contributed by atoms with Gasteiger partial charge in [-0.25, -0.2) is 0 Å². The van der Waals surface area contributed by atoms with Crippen LogP contribution >= 0.6 is 15.9 Å². The number of benzene rings is 1. The van der Waals surface area contributed by atoms with E-state index in [0.717, 1.165) is 28.4 Å². The van der Waals surface area contributed by atoms with Crippen molar-refractivity contribution in [1.29, 1.82) is 0 Å². The molecule has 1 amide bonds. The van der Waals surface area contributed by atoms with Crippen LogP contribution in [-0.2, 0) is 6.54 Å². The van der Waals surface area contributed by atoms with Gasteiger partial charge in [0.1, 0.15) is 0 Å². The van der Waals surface area contributed by atoms with E-state index in [2.05, 4.69) is 40.7 Å². The Labute approximate surface area is 129 Å². The van der Waals surface area contributed by atoms with E-state index in [0.29, 0.717) is 6.04 Å². The van der Waals surface area contributed by atoms with E-state index >= 15 is 0 Å². The number of rotatable bonds is 5. The Balaban J connectivity index is 1.67. The first-order chi connectivity index (χ1) is 9.61. The zero-order chi connectivity index (χ0) is 14.3. The zero-order valence-corrected chi connectivity index (χ0v) is 13.8. The number of carbonyl (C=O) groups is 1. The van der Waals surface area contributed by atoms with E-state index in [4.69, 9.17) is 0 Å². The topological polar surface area (TPSA) is 20.3 Å². The van der Waals surface area contributed by atoms with Crippen molar-refractivity contribution >= 4 is 21.8 Å². The summed E-state index contributed by atoms with van der Waals surface area (Å²) >= 11 is 3.49. The summed E-state index contributed by atoms with van der Waals surface area (Å²) in [5.74, 6) is 1.80. The summed E-state index contributed by atoms with van der Waals surface area (Å²) in [6.07, 6.45) is 5.26. The number of hydrogen-bond donors (Lipinski definition) is 0. The van der Waals surface area contributed by atoms with Gasteiger partial charge in [-0.05, 0) is 48.9 Å². The molecule has 3 heteroatoms. The second-order valence-electron chi connectivity index (χ2n) is 6.28. The minimum Gasteiger partial charge on any atom is -0.331 e. The van der Waals surface area contributed by atoms with Crippen LogP contribution in [0.25, 0.3) is 0 Å². The van der Waals surface area contributed by atoms with Crippen molar-refractivity contribution in [2.24, 2.45) is 11.8 Å². The van der Waals surface area contributed by atoms with E-state index < -0.39 is 0 Å². The Bertz CT molecular complexity index is 528. The van der Waals surface area contributed by atoms with Crippen LogP contribution in [-0.4, -0.2) is 16.8 Å². The maximum absolute atomic E-state index is 12.5. The van der Waals surface area contributed by atoms with Gasteiger partial charge >= 0.3 is 0 Å². The molecule has 1 aliphatic heterocycles. The molecule has 0 N–H and O–H groups in total. The fourth-order valence-corrected chi connectivity index (χ4v) is 3.94. The van der Waals surface area contributed by atoms with Crippen molar-refractivity contribution in [2.75, 3.05) is 0 Å². The highest BCUT2D eigenvalue weighted by Gasteiger charge is 2.45. The molecule has 3 rings (SSSR count). The molecular weight excluding hydrogens is 314 g/mol. The molecule has 1 aliphatic carbocycles. The van der Waals surface area contributed by atoms with Gasteiger partial charge in [0, 0.05) is 22.6 Å². The number of nitrogens with zero attached hydrogens (tertiary/aromatic N) is 1. The first-order valence-corrected chi connectivity index (χ1v) is 8.50. The van der Waals surface area contributed by atoms with E-state index in [1.807, 2.05) is 12.1 Å². The first-order valence-electron chi connectivity index (χ1n) is 7.71. The van der Waals surface area contributed by atoms with Crippen molar-refractivity contribution in [1.82, 2.24) is 4.90 Å². The largest absolute Gasteiger partial charge is 0.331 e. The van der Waals surface area contributed by atoms with E-state index in [-0.39, 0.29) is 5.91 Å². The minimum atomic E-state index is 0.223. The van der Waals surface area contributed by atoms with Gasteiger partial charge in [0.05, 0.1) is 0 Å². The Kier molecular flexibility index (Phi) is 3.89. The van der Waals surface area contributed by atoms with Crippen molar-refractivity contribution in [3.63, 3.8) is 0 Å². The fraction of sp³-hybridized carbons (Fsp3) is 0.588. The molecule has 2 aliphatic rings. The maximum atomic E-state index is 12.5. The molecule has 108 valence electrons. The van der Waals surface area contributed by atoms with Crippen LogP contribution in [0.5, 0.6) is 0 Å². The molecular formula is C17H22BrNO. The van der Waals surface area contributed by atoms with Crippen molar-refractivity contribution < 1.29 is 4.79 Å². The highest BCUT2D eigenvalue weighted by molar-refractivity contribution is 9.10. The van der Waals surface area contributed by atoms with Gasteiger partial charge in [0.25, 0.3) is 5.91 Å². The highest BCUT2D eigenvalue weighted by atomic mass is 79.9. The second kappa shape index (κ2) is 5.51. The normalized spacial score (nSPS) is 25.8. The van der Waals surface area contributed by atoms with Crippen LogP contribution in [0.3, 0.4) is 0 Å². The second-order valence-corrected chi connectivity index (χ2v) is 7.19. The van der Waals surface area contributed by atoms with Gasteiger partial charge < -0.3 is 4.90 Å². The van der Waals surface area contributed by atoms with Crippen LogP contribution in [0.4, 0.5) is 0 Å². The number of halogens is 1. The van der Waals surface area contributed by atoms with Crippen LogP contribution in [0.15, 0.2) is 22.7 Å². The summed E-state index contributed by atoms with van der Waals surface area (Å²) in [7, 11) is 0. The minimum absolute atomic E-state index is 0.223. The summed E-state index contributed by atoms with van der Waals surface area (Å²) in [5.41, 5.74) is 2.06. The molecule has 0 spiro atoms. The monoisotopic (exact) mass is 335 g/mol. The first kappa shape index (κ1) is 14.1. The summed E-state index contributed by atoms with van der Waals surface area (Å²) < 4.78 is 1.06. The summed E-state index contributed by atoms with van der Waals surface area (Å²) in [4.78, 5) is 14.6. The number of amides is 1. The lowest BCUT2D eigenvalue weighted by molar-refractivity contribution is 0.0691.